The summed E-state index contributed by atoms with van der Waals surface area (Å²) in [5.74, 6) is 0. The Kier molecular flexibility index (Phi) is 18.2. The van der Waals surface area contributed by atoms with Crippen LogP contribution in [0.3, 0.4) is 0 Å². The van der Waals surface area contributed by atoms with Gasteiger partial charge in [0, 0.05) is 16.5 Å². The van der Waals surface area contributed by atoms with Crippen LogP contribution in [0.15, 0.2) is 46.4 Å². The molecule has 214 valence electrons. The summed E-state index contributed by atoms with van der Waals surface area (Å²) in [7, 11) is 0. The van der Waals surface area contributed by atoms with Gasteiger partial charge in [-0.15, -0.1) is 0 Å². The van der Waals surface area contributed by atoms with Crippen molar-refractivity contribution in [3.63, 3.8) is 0 Å². The van der Waals surface area contributed by atoms with Gasteiger partial charge in [0.25, 0.3) is 0 Å². The minimum absolute atomic E-state index is 0. The minimum Gasteiger partial charge on any atom is -0.252 e. The van der Waals surface area contributed by atoms with Crippen molar-refractivity contribution in [2.45, 2.75) is 138 Å². The van der Waals surface area contributed by atoms with Crippen molar-refractivity contribution in [2.75, 3.05) is 0 Å². The molecule has 0 fully saturated rings. The second kappa shape index (κ2) is 20.2. The van der Waals surface area contributed by atoms with Crippen molar-refractivity contribution in [3.8, 4) is 0 Å². The van der Waals surface area contributed by atoms with Crippen molar-refractivity contribution in [1.82, 2.24) is 0 Å². The Labute approximate surface area is 245 Å². The number of aliphatic imine (C=N–C) groups is 2. The first-order valence-corrected chi connectivity index (χ1v) is 15.4. The third-order valence-corrected chi connectivity index (χ3v) is 7.32. The van der Waals surface area contributed by atoms with E-state index in [1.54, 1.807) is 0 Å². The molecule has 0 bridgehead atoms. The predicted molar refractivity (Wildman–Crippen MR) is 167 cm³/mol. The summed E-state index contributed by atoms with van der Waals surface area (Å²) in [6.07, 6.45) is 17.9. The monoisotopic (exact) mass is 560 g/mol. The van der Waals surface area contributed by atoms with Crippen LogP contribution in [0.5, 0.6) is 0 Å². The van der Waals surface area contributed by atoms with Crippen LogP contribution in [-0.4, -0.2) is 11.4 Å². The van der Waals surface area contributed by atoms with Crippen LogP contribution in [0.2, 0.25) is 0 Å². The van der Waals surface area contributed by atoms with E-state index in [4.69, 9.17) is 9.98 Å². The number of hydrogen-bond acceptors (Lipinski definition) is 2. The van der Waals surface area contributed by atoms with Gasteiger partial charge >= 0.3 is 0 Å². The maximum absolute atomic E-state index is 5.20. The molecular formula is C35H54N2Ni. The summed E-state index contributed by atoms with van der Waals surface area (Å²) in [5, 5.41) is 0. The molecule has 0 spiro atoms. The van der Waals surface area contributed by atoms with Gasteiger partial charge < -0.3 is 0 Å². The van der Waals surface area contributed by atoms with E-state index in [0.29, 0.717) is 0 Å². The van der Waals surface area contributed by atoms with E-state index in [-0.39, 0.29) is 16.5 Å². The normalized spacial score (nSPS) is 12.1. The third kappa shape index (κ3) is 12.0. The van der Waals surface area contributed by atoms with Crippen molar-refractivity contribution in [2.24, 2.45) is 9.98 Å². The van der Waals surface area contributed by atoms with Crippen LogP contribution in [0, 0.1) is 0 Å². The van der Waals surface area contributed by atoms with Gasteiger partial charge in [-0.1, -0.05) is 78.9 Å². The number of unbranched alkanes of at least 4 members (excludes halogenated alkanes) is 5. The zero-order chi connectivity index (χ0) is 26.9. The quantitative estimate of drug-likeness (QED) is 0.128. The smallest absolute Gasteiger partial charge is 0.0636 e. The number of aryl methyl sites for hydroxylation is 4. The maximum atomic E-state index is 5.20. The van der Waals surface area contributed by atoms with Gasteiger partial charge in [0.1, 0.15) is 0 Å². The molecule has 0 radical (unpaired) electrons. The molecule has 0 unspecified atom stereocenters. The van der Waals surface area contributed by atoms with Crippen molar-refractivity contribution in [3.05, 3.63) is 58.7 Å². The molecule has 0 heterocycles. The van der Waals surface area contributed by atoms with Crippen LogP contribution < -0.4 is 0 Å². The summed E-state index contributed by atoms with van der Waals surface area (Å²) in [5.41, 5.74) is 10.4. The van der Waals surface area contributed by atoms with Gasteiger partial charge in [0.2, 0.25) is 0 Å². The summed E-state index contributed by atoms with van der Waals surface area (Å²) in [4.78, 5) is 10.3. The zero-order valence-corrected chi connectivity index (χ0v) is 26.3. The number of nitrogens with zero attached hydrogens (tertiary/aromatic N) is 2. The standard InChI is InChI=1S/C35H54N2.Ni/c1-7-12-17-29-22-24-33(26-31(29)19-14-9-3)36-28(6)35(21-16-11-5)37-34-25-23-30(18-13-8-2)32(27-34)20-15-10-4;/h22-27H,7-21H2,1-6H3;/b36-28+,37-35+;. The second-order valence-corrected chi connectivity index (χ2v) is 10.7. The minimum atomic E-state index is 0. The molecule has 0 aromatic heterocycles. The Hall–Kier alpha value is -1.73. The van der Waals surface area contributed by atoms with Crippen LogP contribution in [0.4, 0.5) is 11.4 Å². The van der Waals surface area contributed by atoms with Crippen molar-refractivity contribution < 1.29 is 16.5 Å². The van der Waals surface area contributed by atoms with Gasteiger partial charge in [-0.05, 0) is 118 Å². The molecule has 0 aliphatic carbocycles. The average Bonchev–Trinajstić information content (AvgIpc) is 2.91. The van der Waals surface area contributed by atoms with Gasteiger partial charge in [-0.2, -0.15) is 0 Å². The molecule has 0 atom stereocenters. The van der Waals surface area contributed by atoms with Crippen LogP contribution >= 0.6 is 0 Å². The number of rotatable bonds is 18. The summed E-state index contributed by atoms with van der Waals surface area (Å²) in [6.45, 7) is 13.5. The van der Waals surface area contributed by atoms with Gasteiger partial charge in [0.05, 0.1) is 22.8 Å². The summed E-state index contributed by atoms with van der Waals surface area (Å²) < 4.78 is 0. The Morgan fingerprint density at radius 3 is 1.34 bits per heavy atom. The largest absolute Gasteiger partial charge is 0.252 e. The molecule has 2 nitrogen and oxygen atoms in total. The van der Waals surface area contributed by atoms with E-state index < -0.39 is 0 Å². The Morgan fingerprint density at radius 1 is 0.526 bits per heavy atom. The van der Waals surface area contributed by atoms with Crippen molar-refractivity contribution in [1.29, 1.82) is 0 Å². The maximum Gasteiger partial charge on any atom is 0.0636 e. The fraction of sp³-hybridized carbons (Fsp3) is 0.600. The second-order valence-electron chi connectivity index (χ2n) is 10.7. The zero-order valence-electron chi connectivity index (χ0n) is 25.3. The molecule has 0 saturated carbocycles. The first kappa shape index (κ1) is 34.3. The van der Waals surface area contributed by atoms with Gasteiger partial charge in [0.15, 0.2) is 0 Å². The molecule has 0 aliphatic heterocycles. The Bertz CT molecular complexity index is 989. The van der Waals surface area contributed by atoms with Crippen LogP contribution in [0.1, 0.15) is 134 Å². The fourth-order valence-corrected chi connectivity index (χ4v) is 4.86. The molecule has 0 saturated heterocycles. The summed E-state index contributed by atoms with van der Waals surface area (Å²) >= 11 is 0. The number of benzene rings is 2. The van der Waals surface area contributed by atoms with Crippen LogP contribution in [-0.2, 0) is 42.2 Å². The van der Waals surface area contributed by atoms with Crippen LogP contribution in [0.25, 0.3) is 0 Å². The fourth-order valence-electron chi connectivity index (χ4n) is 4.86. The molecular weight excluding hydrogens is 507 g/mol. The predicted octanol–water partition coefficient (Wildman–Crippen LogP) is 11.1. The third-order valence-electron chi connectivity index (χ3n) is 7.32. The van der Waals surface area contributed by atoms with Gasteiger partial charge in [-0.3, -0.25) is 9.98 Å². The van der Waals surface area contributed by atoms with E-state index in [9.17, 15) is 0 Å². The first-order chi connectivity index (χ1) is 18.1. The van der Waals surface area contributed by atoms with Crippen molar-refractivity contribution >= 4 is 22.8 Å². The molecule has 3 heteroatoms. The molecule has 2 aromatic carbocycles. The van der Waals surface area contributed by atoms with E-state index in [0.717, 1.165) is 54.9 Å². The molecule has 0 aliphatic rings. The average molecular weight is 562 g/mol. The van der Waals surface area contributed by atoms with E-state index in [1.165, 1.54) is 86.5 Å². The molecule has 0 N–H and O–H groups in total. The topological polar surface area (TPSA) is 24.7 Å². The van der Waals surface area contributed by atoms with E-state index in [1.807, 2.05) is 0 Å². The SMILES string of the molecule is CCCCC(=N\c1ccc(CCCC)c(CCCC)c1)/C(C)=N/c1ccc(CCCC)c(CCCC)c1.[Ni]. The molecule has 2 aromatic rings. The molecule has 0 amide bonds. The van der Waals surface area contributed by atoms with E-state index in [2.05, 4.69) is 77.9 Å². The Morgan fingerprint density at radius 2 is 0.921 bits per heavy atom. The first-order valence-electron chi connectivity index (χ1n) is 15.4. The van der Waals surface area contributed by atoms with E-state index >= 15 is 0 Å². The Balaban J connectivity index is 0.00000722. The number of hydrogen-bond donors (Lipinski definition) is 0. The molecule has 2 rings (SSSR count). The molecule has 38 heavy (non-hydrogen) atoms. The van der Waals surface area contributed by atoms with Gasteiger partial charge in [-0.25, -0.2) is 0 Å². The summed E-state index contributed by atoms with van der Waals surface area (Å²) in [6, 6.07) is 13.8.